The van der Waals surface area contributed by atoms with Crippen LogP contribution in [0.15, 0.2) is 10.6 Å². The van der Waals surface area contributed by atoms with Gasteiger partial charge in [-0.1, -0.05) is 48.7 Å². The monoisotopic (exact) mass is 953 g/mol. The fourth-order valence-corrected chi connectivity index (χ4v) is 5.73. The molecule has 15 N–H and O–H groups in total. The van der Waals surface area contributed by atoms with Gasteiger partial charge >= 0.3 is 11.9 Å². The van der Waals surface area contributed by atoms with Gasteiger partial charge in [0.25, 0.3) is 0 Å². The molecule has 376 valence electrons. The molecule has 0 aromatic heterocycles. The number of unbranched alkanes of at least 4 members (excludes halogenated alkanes) is 4. The molecule has 7 amide bonds. The lowest BCUT2D eigenvalue weighted by Crippen LogP contribution is -2.63. The van der Waals surface area contributed by atoms with Gasteiger partial charge in [-0.05, 0) is 33.1 Å². The minimum atomic E-state index is -2.65. The van der Waals surface area contributed by atoms with Crippen LogP contribution in [0.2, 0.25) is 0 Å². The minimum absolute atomic E-state index is 0.135. The van der Waals surface area contributed by atoms with Gasteiger partial charge in [0.2, 0.25) is 41.4 Å². The number of aliphatic hydroxyl groups excluding tert-OH is 4. The second-order valence-corrected chi connectivity index (χ2v) is 14.9. The highest BCUT2D eigenvalue weighted by molar-refractivity contribution is 5.98. The van der Waals surface area contributed by atoms with Gasteiger partial charge in [-0.2, -0.15) is 0 Å². The van der Waals surface area contributed by atoms with E-state index in [1.165, 1.54) is 0 Å². The highest BCUT2D eigenvalue weighted by atomic mass is 16.6. The number of rotatable bonds is 34. The standard InChI is InChI=1S/C36H63N11O19/c1-4-5-6-7-8-11-21(50)16-25(51)37-17-26(52)42-28(29(53)36(61)62)34(58)41-24(18-48)32(56)43-27(20(3)49)33(57)39-22(12-9-14-46(65)44-63)31(55)38-19(2)30(54)40-23(35(59)60)13-10-15-47(66)45-64/h19-24,27-29,48-50,53,63-64H,4-18H2,1-3H3,(H,37,51)(H,38,55)(H,39,57)(H,40,54)(H,41,58)(H,42,52)(H,43,56)(H,59,60)(H,61,62)/t19-,20+,21+,22+,23+,24-,27+,28+,29+/m0/s1. The molecule has 0 aliphatic rings. The summed E-state index contributed by atoms with van der Waals surface area (Å²) in [6.07, 6.45) is -2.18. The Labute approximate surface area is 377 Å². The Morgan fingerprint density at radius 3 is 1.61 bits per heavy atom. The highest BCUT2D eigenvalue weighted by Gasteiger charge is 2.37. The van der Waals surface area contributed by atoms with Crippen molar-refractivity contribution in [1.29, 1.82) is 0 Å². The van der Waals surface area contributed by atoms with E-state index in [4.69, 9.17) is 10.4 Å². The Balaban J connectivity index is 5.92. The topological polar surface area (TPSA) is 477 Å². The van der Waals surface area contributed by atoms with E-state index in [9.17, 15) is 84.2 Å². The number of aliphatic carboxylic acids is 2. The van der Waals surface area contributed by atoms with Crippen LogP contribution in [-0.4, -0.2) is 185 Å². The molecule has 0 saturated carbocycles. The quantitative estimate of drug-likeness (QED) is 0.0125. The lowest BCUT2D eigenvalue weighted by molar-refractivity contribution is -0.556. The van der Waals surface area contributed by atoms with E-state index in [-0.39, 0.29) is 35.4 Å². The number of nitrogens with zero attached hydrogens (tertiary/aromatic N) is 4. The zero-order valence-electron chi connectivity index (χ0n) is 36.7. The van der Waals surface area contributed by atoms with Crippen LogP contribution in [0, 0.1) is 10.4 Å². The predicted molar refractivity (Wildman–Crippen MR) is 218 cm³/mol. The molecule has 0 heterocycles. The second kappa shape index (κ2) is 32.2. The summed E-state index contributed by atoms with van der Waals surface area (Å²) in [4.78, 5) is 114. The molecule has 0 saturated heterocycles. The maximum Gasteiger partial charge on any atom is 0.335 e. The summed E-state index contributed by atoms with van der Waals surface area (Å²) in [5.41, 5.74) is 0. The second-order valence-electron chi connectivity index (χ2n) is 14.9. The van der Waals surface area contributed by atoms with E-state index < -0.39 is 141 Å². The molecule has 0 spiro atoms. The molecule has 0 rings (SSSR count). The number of carbonyl (C=O) groups is 9. The first-order valence-corrected chi connectivity index (χ1v) is 20.8. The molecule has 0 bridgehead atoms. The maximum absolute atomic E-state index is 13.4. The van der Waals surface area contributed by atoms with Crippen molar-refractivity contribution in [2.24, 2.45) is 10.6 Å². The van der Waals surface area contributed by atoms with Crippen molar-refractivity contribution in [2.75, 3.05) is 26.2 Å². The smallest absolute Gasteiger partial charge is 0.335 e. The van der Waals surface area contributed by atoms with Crippen molar-refractivity contribution in [3.8, 4) is 0 Å². The predicted octanol–water partition coefficient (Wildman–Crippen LogP) is -4.69. The SMILES string of the molecule is CCCCCCC[C@@H](O)CC(=O)NCC(=O)N[C@@H](C(=O)N[C@@H](CO)C(=O)N[C@@H](C(=O)N[C@H](CCC[N+]([O-])=NO)C(=O)N[C@@H](C)C(=O)N[C@H](CCC[N+]([O-])=NO)C(=O)O)[C@@H](C)O)[C@@H](O)C(=O)O. The number of amides is 7. The molecule has 9 atom stereocenters. The van der Waals surface area contributed by atoms with Gasteiger partial charge in [0.1, 0.15) is 36.3 Å². The molecule has 0 aromatic rings. The highest BCUT2D eigenvalue weighted by Crippen LogP contribution is 2.10. The summed E-state index contributed by atoms with van der Waals surface area (Å²) in [5, 5.41) is 118. The molecule has 0 radical (unpaired) electrons. The van der Waals surface area contributed by atoms with Crippen LogP contribution in [0.3, 0.4) is 0 Å². The summed E-state index contributed by atoms with van der Waals surface area (Å²) in [7, 11) is 0. The summed E-state index contributed by atoms with van der Waals surface area (Å²) in [6, 6.07) is -11.2. The van der Waals surface area contributed by atoms with E-state index >= 15 is 0 Å². The van der Waals surface area contributed by atoms with Crippen LogP contribution in [-0.2, 0) is 43.2 Å². The van der Waals surface area contributed by atoms with Crippen molar-refractivity contribution in [2.45, 2.75) is 146 Å². The van der Waals surface area contributed by atoms with Gasteiger partial charge in [0.15, 0.2) is 29.7 Å². The summed E-state index contributed by atoms with van der Waals surface area (Å²) in [6.45, 7) is 1.07. The number of hydroxylamine groups is 2. The Hall–Kier alpha value is -6.53. The van der Waals surface area contributed by atoms with Crippen LogP contribution in [0.5, 0.6) is 0 Å². The van der Waals surface area contributed by atoms with Crippen LogP contribution in [0.4, 0.5) is 0 Å². The van der Waals surface area contributed by atoms with Crippen molar-refractivity contribution < 1.29 is 93.9 Å². The summed E-state index contributed by atoms with van der Waals surface area (Å²) in [5.74, 6) is -12.0. The zero-order chi connectivity index (χ0) is 50.5. The largest absolute Gasteiger partial charge is 0.597 e. The van der Waals surface area contributed by atoms with Crippen LogP contribution >= 0.6 is 0 Å². The van der Waals surface area contributed by atoms with Gasteiger partial charge in [0.05, 0.1) is 31.8 Å². The number of carboxylic acid groups (broad SMARTS) is 2. The Bertz CT molecular complexity index is 1690. The molecule has 66 heavy (non-hydrogen) atoms. The molecule has 30 heteroatoms. The van der Waals surface area contributed by atoms with Gasteiger partial charge in [-0.3, -0.25) is 33.6 Å². The molecular formula is C36H63N11O19. The van der Waals surface area contributed by atoms with E-state index in [0.29, 0.717) is 12.8 Å². The molecule has 0 aromatic carbocycles. The Kier molecular flexibility index (Phi) is 29.0. The third-order valence-corrected chi connectivity index (χ3v) is 9.44. The summed E-state index contributed by atoms with van der Waals surface area (Å²) >= 11 is 0. The molecule has 0 fully saturated rings. The van der Waals surface area contributed by atoms with E-state index in [0.717, 1.165) is 39.5 Å². The minimum Gasteiger partial charge on any atom is -0.597 e. The first-order chi connectivity index (χ1) is 31.0. The molecule has 0 aliphatic carbocycles. The fraction of sp³-hybridized carbons (Fsp3) is 0.750. The lowest BCUT2D eigenvalue weighted by Gasteiger charge is -2.28. The first kappa shape index (κ1) is 59.5. The third kappa shape index (κ3) is 24.0. The third-order valence-electron chi connectivity index (χ3n) is 9.44. The zero-order valence-corrected chi connectivity index (χ0v) is 36.7. The average Bonchev–Trinajstić information content (AvgIpc) is 3.26. The van der Waals surface area contributed by atoms with Crippen LogP contribution in [0.25, 0.3) is 0 Å². The summed E-state index contributed by atoms with van der Waals surface area (Å²) < 4.78 is 0. The van der Waals surface area contributed by atoms with Gasteiger partial charge in [-0.25, -0.2) is 9.59 Å². The molecule has 30 nitrogen and oxygen atoms in total. The van der Waals surface area contributed by atoms with Gasteiger partial charge in [0, 0.05) is 12.8 Å². The van der Waals surface area contributed by atoms with Crippen molar-refractivity contribution in [3.05, 3.63) is 10.4 Å². The molecule has 0 aliphatic heterocycles. The van der Waals surface area contributed by atoms with Crippen LogP contribution < -0.4 is 37.2 Å². The first-order valence-electron chi connectivity index (χ1n) is 20.8. The Morgan fingerprint density at radius 2 is 1.09 bits per heavy atom. The lowest BCUT2D eigenvalue weighted by atomic mass is 10.1. The van der Waals surface area contributed by atoms with Crippen molar-refractivity contribution in [1.82, 2.24) is 37.2 Å². The van der Waals surface area contributed by atoms with Crippen molar-refractivity contribution in [3.63, 3.8) is 0 Å². The number of hydrogen-bond acceptors (Lipinski definition) is 17. The molecule has 0 unspecified atom stereocenters. The van der Waals surface area contributed by atoms with E-state index in [2.05, 4.69) is 31.8 Å². The number of hydrogen-bond donors (Lipinski definition) is 15. The van der Waals surface area contributed by atoms with Gasteiger partial charge < -0.3 is 88.7 Å². The number of nitrogens with one attached hydrogen (secondary N) is 7. The average molecular weight is 954 g/mol. The molecular weight excluding hydrogens is 890 g/mol. The number of carbonyl (C=O) groups excluding carboxylic acids is 7. The number of aliphatic hydroxyl groups is 4. The van der Waals surface area contributed by atoms with Crippen molar-refractivity contribution >= 4 is 53.3 Å². The maximum atomic E-state index is 13.4. The van der Waals surface area contributed by atoms with E-state index in [1.807, 2.05) is 22.9 Å². The van der Waals surface area contributed by atoms with Crippen LogP contribution in [0.1, 0.15) is 91.4 Å². The van der Waals surface area contributed by atoms with Gasteiger partial charge in [-0.15, -0.1) is 0 Å². The number of carboxylic acids is 2. The fourth-order valence-electron chi connectivity index (χ4n) is 5.73. The normalized spacial score (nSPS) is 15.7. The Morgan fingerprint density at radius 1 is 0.576 bits per heavy atom. The van der Waals surface area contributed by atoms with E-state index in [1.54, 1.807) is 0 Å².